The number of benzene rings is 6. The van der Waals surface area contributed by atoms with Crippen molar-refractivity contribution >= 4 is 10.8 Å². The molecule has 0 fully saturated rings. The molecule has 8 aromatic rings. The van der Waals surface area contributed by atoms with E-state index < -0.39 is 0 Å². The van der Waals surface area contributed by atoms with Crippen molar-refractivity contribution in [1.29, 1.82) is 0 Å². The standard InChI is InChI=1S/C42H28N4/c1-3-10-29(11-4-1)31-18-22-33(23-19-31)40-44-41(34-24-20-32(21-25-34)30-12-5-2-6-13-30)46-42(45-40)37-17-9-16-36(26-37)39-27-35-14-7-8-15-38(35)28-43-39/h1-28H. The molecule has 6 aromatic carbocycles. The first-order chi connectivity index (χ1) is 22.8. The summed E-state index contributed by atoms with van der Waals surface area (Å²) in [4.78, 5) is 19.8. The van der Waals surface area contributed by atoms with Gasteiger partial charge in [-0.3, -0.25) is 4.98 Å². The molecule has 4 heteroatoms. The van der Waals surface area contributed by atoms with Gasteiger partial charge in [0.15, 0.2) is 17.5 Å². The minimum absolute atomic E-state index is 0.613. The SMILES string of the molecule is c1ccc(-c2ccc(-c3nc(-c4ccc(-c5ccccc5)cc4)nc(-c4cccc(-c5cc6ccccc6cn5)c4)n3)cc2)cc1. The molecule has 216 valence electrons. The van der Waals surface area contributed by atoms with Crippen LogP contribution in [0.25, 0.3) is 78.4 Å². The normalized spacial score (nSPS) is 11.0. The van der Waals surface area contributed by atoms with E-state index in [1.165, 1.54) is 11.1 Å². The van der Waals surface area contributed by atoms with Crippen LogP contribution in [0.5, 0.6) is 0 Å². The van der Waals surface area contributed by atoms with Gasteiger partial charge in [0.2, 0.25) is 0 Å². The van der Waals surface area contributed by atoms with Crippen LogP contribution in [0.1, 0.15) is 0 Å². The summed E-state index contributed by atoms with van der Waals surface area (Å²) in [6, 6.07) is 56.2. The molecule has 0 radical (unpaired) electrons. The average molecular weight is 589 g/mol. The van der Waals surface area contributed by atoms with E-state index in [2.05, 4.69) is 133 Å². The number of hydrogen-bond acceptors (Lipinski definition) is 4. The van der Waals surface area contributed by atoms with Gasteiger partial charge in [-0.05, 0) is 39.8 Å². The van der Waals surface area contributed by atoms with Crippen molar-refractivity contribution in [1.82, 2.24) is 19.9 Å². The zero-order chi connectivity index (χ0) is 30.7. The number of aromatic nitrogens is 4. The van der Waals surface area contributed by atoms with Crippen LogP contribution in [0.15, 0.2) is 170 Å². The lowest BCUT2D eigenvalue weighted by molar-refractivity contribution is 1.07. The van der Waals surface area contributed by atoms with Gasteiger partial charge in [0.25, 0.3) is 0 Å². The minimum atomic E-state index is 0.613. The highest BCUT2D eigenvalue weighted by Gasteiger charge is 2.14. The molecule has 0 saturated carbocycles. The fourth-order valence-electron chi connectivity index (χ4n) is 5.71. The molecule has 0 unspecified atom stereocenters. The second-order valence-corrected chi connectivity index (χ2v) is 11.2. The maximum atomic E-state index is 5.01. The highest BCUT2D eigenvalue weighted by Crippen LogP contribution is 2.30. The van der Waals surface area contributed by atoms with E-state index in [-0.39, 0.29) is 0 Å². The van der Waals surface area contributed by atoms with E-state index in [4.69, 9.17) is 19.9 Å². The van der Waals surface area contributed by atoms with Crippen molar-refractivity contribution in [3.8, 4) is 67.7 Å². The zero-order valence-corrected chi connectivity index (χ0v) is 25.0. The third kappa shape index (κ3) is 5.56. The van der Waals surface area contributed by atoms with E-state index in [1.54, 1.807) is 0 Å². The summed E-state index contributed by atoms with van der Waals surface area (Å²) in [5.41, 5.74) is 9.30. The van der Waals surface area contributed by atoms with Crippen LogP contribution in [-0.4, -0.2) is 19.9 Å². The van der Waals surface area contributed by atoms with Crippen LogP contribution >= 0.6 is 0 Å². The molecule has 0 aliphatic heterocycles. The topological polar surface area (TPSA) is 51.6 Å². The Morgan fingerprint density at radius 1 is 0.283 bits per heavy atom. The Labute approximate surface area is 267 Å². The van der Waals surface area contributed by atoms with Crippen LogP contribution in [0.4, 0.5) is 0 Å². The highest BCUT2D eigenvalue weighted by atomic mass is 15.0. The van der Waals surface area contributed by atoms with Crippen LogP contribution in [-0.2, 0) is 0 Å². The van der Waals surface area contributed by atoms with Crippen molar-refractivity contribution < 1.29 is 0 Å². The molecule has 0 bridgehead atoms. The van der Waals surface area contributed by atoms with Crippen LogP contribution in [0.2, 0.25) is 0 Å². The van der Waals surface area contributed by atoms with Gasteiger partial charge in [-0.1, -0.05) is 152 Å². The first-order valence-electron chi connectivity index (χ1n) is 15.3. The maximum absolute atomic E-state index is 5.01. The fourth-order valence-corrected chi connectivity index (χ4v) is 5.71. The van der Waals surface area contributed by atoms with Gasteiger partial charge < -0.3 is 0 Å². The van der Waals surface area contributed by atoms with Crippen LogP contribution < -0.4 is 0 Å². The fraction of sp³-hybridized carbons (Fsp3) is 0. The smallest absolute Gasteiger partial charge is 0.164 e. The van der Waals surface area contributed by atoms with E-state index in [0.717, 1.165) is 49.8 Å². The molecule has 0 aliphatic rings. The number of nitrogens with zero attached hydrogens (tertiary/aromatic N) is 4. The van der Waals surface area contributed by atoms with Gasteiger partial charge in [0, 0.05) is 33.8 Å². The molecule has 46 heavy (non-hydrogen) atoms. The second kappa shape index (κ2) is 12.0. The minimum Gasteiger partial charge on any atom is -0.256 e. The number of rotatable bonds is 6. The first-order valence-corrected chi connectivity index (χ1v) is 15.3. The molecule has 0 saturated heterocycles. The average Bonchev–Trinajstić information content (AvgIpc) is 3.15. The number of hydrogen-bond donors (Lipinski definition) is 0. The second-order valence-electron chi connectivity index (χ2n) is 11.2. The lowest BCUT2D eigenvalue weighted by Gasteiger charge is -2.11. The van der Waals surface area contributed by atoms with Gasteiger partial charge in [0.1, 0.15) is 0 Å². The Morgan fingerprint density at radius 3 is 1.26 bits per heavy atom. The number of pyridine rings is 1. The monoisotopic (exact) mass is 588 g/mol. The van der Waals surface area contributed by atoms with Crippen molar-refractivity contribution in [2.75, 3.05) is 0 Å². The van der Waals surface area contributed by atoms with E-state index >= 15 is 0 Å². The Hall–Kier alpha value is -6.26. The molecule has 0 aliphatic carbocycles. The predicted octanol–water partition coefficient (Wildman–Crippen LogP) is 10.4. The number of fused-ring (bicyclic) bond motifs is 1. The van der Waals surface area contributed by atoms with Gasteiger partial charge in [0.05, 0.1) is 5.69 Å². The van der Waals surface area contributed by atoms with Gasteiger partial charge in [-0.15, -0.1) is 0 Å². The molecule has 4 nitrogen and oxygen atoms in total. The molecule has 0 N–H and O–H groups in total. The van der Waals surface area contributed by atoms with Crippen molar-refractivity contribution in [3.63, 3.8) is 0 Å². The van der Waals surface area contributed by atoms with Crippen molar-refractivity contribution in [2.45, 2.75) is 0 Å². The largest absolute Gasteiger partial charge is 0.256 e. The van der Waals surface area contributed by atoms with E-state index in [0.29, 0.717) is 17.5 Å². The van der Waals surface area contributed by atoms with Crippen molar-refractivity contribution in [2.24, 2.45) is 0 Å². The Bertz CT molecular complexity index is 2180. The van der Waals surface area contributed by atoms with Gasteiger partial charge in [-0.2, -0.15) is 0 Å². The molecule has 0 atom stereocenters. The first kappa shape index (κ1) is 27.3. The van der Waals surface area contributed by atoms with E-state index in [9.17, 15) is 0 Å². The summed E-state index contributed by atoms with van der Waals surface area (Å²) in [7, 11) is 0. The summed E-state index contributed by atoms with van der Waals surface area (Å²) in [6.45, 7) is 0. The lowest BCUT2D eigenvalue weighted by atomic mass is 10.0. The summed E-state index contributed by atoms with van der Waals surface area (Å²) in [5, 5.41) is 2.27. The quantitative estimate of drug-likeness (QED) is 0.194. The van der Waals surface area contributed by atoms with Crippen LogP contribution in [0, 0.1) is 0 Å². The molecule has 2 heterocycles. The predicted molar refractivity (Wildman–Crippen MR) is 188 cm³/mol. The summed E-state index contributed by atoms with van der Waals surface area (Å²) < 4.78 is 0. The molecule has 8 rings (SSSR count). The van der Waals surface area contributed by atoms with Gasteiger partial charge in [-0.25, -0.2) is 15.0 Å². The van der Waals surface area contributed by atoms with Crippen LogP contribution in [0.3, 0.4) is 0 Å². The third-order valence-corrected chi connectivity index (χ3v) is 8.18. The lowest BCUT2D eigenvalue weighted by Crippen LogP contribution is -2.00. The molecule has 2 aromatic heterocycles. The summed E-state index contributed by atoms with van der Waals surface area (Å²) in [6.07, 6.45) is 1.93. The highest BCUT2D eigenvalue weighted by molar-refractivity contribution is 5.85. The molecule has 0 amide bonds. The molecule has 0 spiro atoms. The van der Waals surface area contributed by atoms with E-state index in [1.807, 2.05) is 36.5 Å². The zero-order valence-electron chi connectivity index (χ0n) is 25.0. The maximum Gasteiger partial charge on any atom is 0.164 e. The Morgan fingerprint density at radius 2 is 0.696 bits per heavy atom. The van der Waals surface area contributed by atoms with Gasteiger partial charge >= 0.3 is 0 Å². The summed E-state index contributed by atoms with van der Waals surface area (Å²) in [5.74, 6) is 1.86. The van der Waals surface area contributed by atoms with Crippen molar-refractivity contribution in [3.05, 3.63) is 170 Å². The summed E-state index contributed by atoms with van der Waals surface area (Å²) >= 11 is 0. The third-order valence-electron chi connectivity index (χ3n) is 8.18. The molecular weight excluding hydrogens is 560 g/mol. The molecular formula is C42H28N4. The Balaban J connectivity index is 1.22. The Kier molecular flexibility index (Phi) is 7.14.